The lowest BCUT2D eigenvalue weighted by Gasteiger charge is -2.28. The minimum absolute atomic E-state index is 0.0868. The van der Waals surface area contributed by atoms with Gasteiger partial charge in [0.2, 0.25) is 11.8 Å². The first-order valence-electron chi connectivity index (χ1n) is 9.69. The molecule has 5 heteroatoms. The third kappa shape index (κ3) is 3.11. The Bertz CT molecular complexity index is 778. The first-order chi connectivity index (χ1) is 12.5. The van der Waals surface area contributed by atoms with Crippen molar-refractivity contribution >= 4 is 23.6 Å². The normalized spacial score (nSPS) is 21.9. The van der Waals surface area contributed by atoms with E-state index < -0.39 is 0 Å². The molecule has 0 saturated carbocycles. The summed E-state index contributed by atoms with van der Waals surface area (Å²) in [7, 11) is 0. The Morgan fingerprint density at radius 2 is 1.92 bits per heavy atom. The van der Waals surface area contributed by atoms with Crippen molar-refractivity contribution in [1.29, 1.82) is 0 Å². The SMILES string of the molecule is Cc1cc2c(cc1N)C=C(CC(=O)N1CCC[C@@H]1C(=O)N1CCCC1)C2. The van der Waals surface area contributed by atoms with Gasteiger partial charge in [-0.05, 0) is 61.8 Å². The van der Waals surface area contributed by atoms with Crippen LogP contribution in [-0.4, -0.2) is 47.3 Å². The number of nitrogens with two attached hydrogens (primary N) is 1. The number of hydrogen-bond donors (Lipinski definition) is 1. The first-order valence-corrected chi connectivity index (χ1v) is 9.69. The van der Waals surface area contributed by atoms with Crippen LogP contribution in [0.3, 0.4) is 0 Å². The van der Waals surface area contributed by atoms with Crippen molar-refractivity contribution in [1.82, 2.24) is 9.80 Å². The van der Waals surface area contributed by atoms with Gasteiger partial charge in [0, 0.05) is 31.7 Å². The fourth-order valence-electron chi connectivity index (χ4n) is 4.48. The Balaban J connectivity index is 1.43. The number of carbonyl (C=O) groups is 2. The molecule has 3 aliphatic rings. The highest BCUT2D eigenvalue weighted by Crippen LogP contribution is 2.31. The lowest BCUT2D eigenvalue weighted by atomic mass is 10.0. The number of benzene rings is 1. The fraction of sp³-hybridized carbons (Fsp3) is 0.524. The average Bonchev–Trinajstić information content (AvgIpc) is 3.35. The molecule has 2 amide bonds. The van der Waals surface area contributed by atoms with Gasteiger partial charge in [-0.3, -0.25) is 9.59 Å². The van der Waals surface area contributed by atoms with Crippen LogP contribution in [0, 0.1) is 6.92 Å². The Kier molecular flexibility index (Phi) is 4.47. The summed E-state index contributed by atoms with van der Waals surface area (Å²) in [5, 5.41) is 0. The number of aryl methyl sites for hydroxylation is 1. The molecular formula is C21H27N3O2. The molecule has 4 rings (SSSR count). The summed E-state index contributed by atoms with van der Waals surface area (Å²) in [6.07, 6.45) is 7.19. The zero-order chi connectivity index (χ0) is 18.3. The van der Waals surface area contributed by atoms with Gasteiger partial charge in [0.25, 0.3) is 0 Å². The highest BCUT2D eigenvalue weighted by Gasteiger charge is 2.37. The molecule has 2 fully saturated rings. The molecule has 1 atom stereocenters. The summed E-state index contributed by atoms with van der Waals surface area (Å²) in [4.78, 5) is 29.4. The number of nitrogens with zero attached hydrogens (tertiary/aromatic N) is 2. The summed E-state index contributed by atoms with van der Waals surface area (Å²) >= 11 is 0. The van der Waals surface area contributed by atoms with Gasteiger partial charge >= 0.3 is 0 Å². The molecule has 26 heavy (non-hydrogen) atoms. The van der Waals surface area contributed by atoms with E-state index in [1.165, 1.54) is 5.56 Å². The van der Waals surface area contributed by atoms with Crippen LogP contribution in [0.2, 0.25) is 0 Å². The molecule has 0 spiro atoms. The third-order valence-corrected chi connectivity index (χ3v) is 5.96. The van der Waals surface area contributed by atoms with E-state index in [-0.39, 0.29) is 17.9 Å². The van der Waals surface area contributed by atoms with Gasteiger partial charge in [0.1, 0.15) is 6.04 Å². The molecule has 0 bridgehead atoms. The Labute approximate surface area is 154 Å². The topological polar surface area (TPSA) is 66.6 Å². The summed E-state index contributed by atoms with van der Waals surface area (Å²) in [6.45, 7) is 4.41. The van der Waals surface area contributed by atoms with E-state index in [9.17, 15) is 9.59 Å². The van der Waals surface area contributed by atoms with E-state index in [1.54, 1.807) is 0 Å². The molecule has 2 aliphatic heterocycles. The molecule has 2 saturated heterocycles. The van der Waals surface area contributed by atoms with Gasteiger partial charge in [-0.15, -0.1) is 0 Å². The van der Waals surface area contributed by atoms with Crippen LogP contribution in [-0.2, 0) is 16.0 Å². The summed E-state index contributed by atoms with van der Waals surface area (Å²) in [5.74, 6) is 0.240. The molecule has 0 radical (unpaired) electrons. The molecular weight excluding hydrogens is 326 g/mol. The van der Waals surface area contributed by atoms with Crippen molar-refractivity contribution in [3.63, 3.8) is 0 Å². The maximum absolute atomic E-state index is 12.9. The predicted octanol–water partition coefficient (Wildman–Crippen LogP) is 2.52. The second-order valence-electron chi connectivity index (χ2n) is 7.84. The number of amides is 2. The zero-order valence-corrected chi connectivity index (χ0v) is 15.5. The van der Waals surface area contributed by atoms with Crippen LogP contribution in [0.4, 0.5) is 5.69 Å². The molecule has 138 valence electrons. The van der Waals surface area contributed by atoms with Gasteiger partial charge in [0.05, 0.1) is 0 Å². The van der Waals surface area contributed by atoms with Crippen LogP contribution < -0.4 is 5.73 Å². The molecule has 5 nitrogen and oxygen atoms in total. The Morgan fingerprint density at radius 1 is 1.15 bits per heavy atom. The Morgan fingerprint density at radius 3 is 2.69 bits per heavy atom. The highest BCUT2D eigenvalue weighted by atomic mass is 16.2. The lowest BCUT2D eigenvalue weighted by molar-refractivity contribution is -0.142. The van der Waals surface area contributed by atoms with E-state index in [4.69, 9.17) is 5.73 Å². The van der Waals surface area contributed by atoms with Crippen LogP contribution in [0.25, 0.3) is 6.08 Å². The maximum atomic E-state index is 12.9. The molecule has 0 unspecified atom stereocenters. The number of hydrogen-bond acceptors (Lipinski definition) is 3. The molecule has 2 heterocycles. The van der Waals surface area contributed by atoms with E-state index in [2.05, 4.69) is 12.1 Å². The maximum Gasteiger partial charge on any atom is 0.245 e. The fourth-order valence-corrected chi connectivity index (χ4v) is 4.48. The van der Waals surface area contributed by atoms with Crippen LogP contribution in [0.15, 0.2) is 17.7 Å². The van der Waals surface area contributed by atoms with Crippen molar-refractivity contribution in [3.05, 3.63) is 34.4 Å². The van der Waals surface area contributed by atoms with Crippen LogP contribution >= 0.6 is 0 Å². The largest absolute Gasteiger partial charge is 0.398 e. The highest BCUT2D eigenvalue weighted by molar-refractivity contribution is 5.90. The second kappa shape index (κ2) is 6.78. The number of nitrogen functional groups attached to an aromatic ring is 1. The van der Waals surface area contributed by atoms with Gasteiger partial charge in [-0.25, -0.2) is 0 Å². The van der Waals surface area contributed by atoms with Gasteiger partial charge in [-0.1, -0.05) is 17.7 Å². The molecule has 1 aromatic carbocycles. The number of carbonyl (C=O) groups excluding carboxylic acids is 2. The van der Waals surface area contributed by atoms with Crippen molar-refractivity contribution < 1.29 is 9.59 Å². The smallest absolute Gasteiger partial charge is 0.245 e. The van der Waals surface area contributed by atoms with Crippen molar-refractivity contribution in [2.45, 2.75) is 51.5 Å². The van der Waals surface area contributed by atoms with E-state index in [0.29, 0.717) is 13.0 Å². The summed E-state index contributed by atoms with van der Waals surface area (Å²) in [6, 6.07) is 3.87. The van der Waals surface area contributed by atoms with Crippen LogP contribution in [0.1, 0.15) is 48.8 Å². The number of fused-ring (bicyclic) bond motifs is 1. The summed E-state index contributed by atoms with van der Waals surface area (Å²) < 4.78 is 0. The molecule has 1 aromatic rings. The molecule has 0 aromatic heterocycles. The van der Waals surface area contributed by atoms with Gasteiger partial charge in [-0.2, -0.15) is 0 Å². The summed E-state index contributed by atoms with van der Waals surface area (Å²) in [5.41, 5.74) is 11.4. The zero-order valence-electron chi connectivity index (χ0n) is 15.5. The quantitative estimate of drug-likeness (QED) is 0.849. The number of anilines is 1. The first kappa shape index (κ1) is 17.1. The third-order valence-electron chi connectivity index (χ3n) is 5.96. The molecule has 2 N–H and O–H groups in total. The van der Waals surface area contributed by atoms with Crippen LogP contribution in [0.5, 0.6) is 0 Å². The lowest BCUT2D eigenvalue weighted by Crippen LogP contribution is -2.47. The van der Waals surface area contributed by atoms with E-state index >= 15 is 0 Å². The minimum Gasteiger partial charge on any atom is -0.398 e. The number of rotatable bonds is 3. The molecule has 1 aliphatic carbocycles. The van der Waals surface area contributed by atoms with Crippen molar-refractivity contribution in [3.8, 4) is 0 Å². The van der Waals surface area contributed by atoms with Gasteiger partial charge < -0.3 is 15.5 Å². The predicted molar refractivity (Wildman–Crippen MR) is 102 cm³/mol. The minimum atomic E-state index is -0.247. The van der Waals surface area contributed by atoms with Crippen molar-refractivity contribution in [2.75, 3.05) is 25.4 Å². The van der Waals surface area contributed by atoms with E-state index in [1.807, 2.05) is 22.8 Å². The standard InChI is InChI=1S/C21H27N3O2/c1-14-9-16-10-15(11-17(16)13-18(14)22)12-20(25)24-8-4-5-19(24)21(26)23-6-2-3-7-23/h9,11,13,19H,2-8,10,12,22H2,1H3/t19-/m1/s1. The monoisotopic (exact) mass is 353 g/mol. The average molecular weight is 353 g/mol. The van der Waals surface area contributed by atoms with E-state index in [0.717, 1.165) is 67.6 Å². The van der Waals surface area contributed by atoms with Crippen molar-refractivity contribution in [2.24, 2.45) is 0 Å². The number of likely N-dealkylation sites (tertiary alicyclic amines) is 2. The Hall–Kier alpha value is -2.30. The van der Waals surface area contributed by atoms with Gasteiger partial charge in [0.15, 0.2) is 0 Å². The second-order valence-corrected chi connectivity index (χ2v) is 7.84.